The van der Waals surface area contributed by atoms with E-state index in [0.717, 1.165) is 6.42 Å². The van der Waals surface area contributed by atoms with Gasteiger partial charge in [0.15, 0.2) is 11.4 Å². The van der Waals surface area contributed by atoms with Crippen LogP contribution in [0.15, 0.2) is 45.6 Å². The van der Waals surface area contributed by atoms with Gasteiger partial charge in [-0.3, -0.25) is 4.79 Å². The van der Waals surface area contributed by atoms with Crippen molar-refractivity contribution in [2.75, 3.05) is 12.4 Å². The van der Waals surface area contributed by atoms with Gasteiger partial charge in [-0.1, -0.05) is 31.4 Å². The number of hydrogen-bond acceptors (Lipinski definition) is 7. The highest BCUT2D eigenvalue weighted by Crippen LogP contribution is 2.38. The highest BCUT2D eigenvalue weighted by atomic mass is 16.7. The maximum atomic E-state index is 12.9. The van der Waals surface area contributed by atoms with Crippen LogP contribution in [-0.2, 0) is 9.47 Å². The molecule has 1 aromatic heterocycles. The summed E-state index contributed by atoms with van der Waals surface area (Å²) in [7, 11) is 1.67. The Balaban J connectivity index is 1.34. The Morgan fingerprint density at radius 1 is 1.03 bits per heavy atom. The Kier molecular flexibility index (Phi) is 7.69. The molecule has 1 aliphatic heterocycles. The van der Waals surface area contributed by atoms with E-state index in [1.165, 1.54) is 37.7 Å². The van der Waals surface area contributed by atoms with E-state index >= 15 is 0 Å². The molecule has 8 nitrogen and oxygen atoms in total. The largest absolute Gasteiger partial charge is 0.505 e. The van der Waals surface area contributed by atoms with E-state index < -0.39 is 23.4 Å². The Hall–Kier alpha value is -3.36. The van der Waals surface area contributed by atoms with Gasteiger partial charge in [0.1, 0.15) is 11.3 Å². The molecule has 208 valence electrons. The Morgan fingerprint density at radius 2 is 1.74 bits per heavy atom. The quantitative estimate of drug-likeness (QED) is 0.351. The molecule has 2 N–H and O–H groups in total. The summed E-state index contributed by atoms with van der Waals surface area (Å²) in [5, 5.41) is 13.8. The topological polar surface area (TPSA) is 107 Å². The number of hydrogen-bond donors (Lipinski definition) is 2. The summed E-state index contributed by atoms with van der Waals surface area (Å²) in [6, 6.07) is 10.8. The van der Waals surface area contributed by atoms with Gasteiger partial charge < -0.3 is 29.1 Å². The van der Waals surface area contributed by atoms with Crippen molar-refractivity contribution in [3.8, 4) is 11.5 Å². The molecule has 1 saturated heterocycles. The van der Waals surface area contributed by atoms with Crippen molar-refractivity contribution >= 4 is 22.6 Å². The third kappa shape index (κ3) is 5.54. The molecular weight excluding hydrogens is 498 g/mol. The number of methoxy groups -OCH3 is 1. The fourth-order valence-corrected chi connectivity index (χ4v) is 5.87. The number of ether oxygens (including phenoxy) is 3. The molecule has 0 spiro atoms. The number of carbonyl (C=O) groups is 1. The lowest BCUT2D eigenvalue weighted by Crippen LogP contribution is -2.49. The molecule has 0 bridgehead atoms. The van der Waals surface area contributed by atoms with E-state index in [9.17, 15) is 14.7 Å². The number of aromatic hydroxyl groups is 1. The molecule has 2 atom stereocenters. The van der Waals surface area contributed by atoms with E-state index in [2.05, 4.69) is 5.32 Å². The molecular formula is C31H37NO7. The average Bonchev–Trinajstić information content (AvgIpc) is 2.93. The van der Waals surface area contributed by atoms with Crippen LogP contribution in [0.1, 0.15) is 86.2 Å². The number of aryl methyl sites for hydroxylation is 1. The predicted octanol–water partition coefficient (Wildman–Crippen LogP) is 6.42. The number of rotatable bonds is 6. The van der Waals surface area contributed by atoms with Crippen LogP contribution in [0.3, 0.4) is 0 Å². The molecule has 5 rings (SSSR count). The minimum absolute atomic E-state index is 0.0338. The molecule has 2 aromatic carbocycles. The maximum Gasteiger partial charge on any atom is 0.364 e. The third-order valence-corrected chi connectivity index (χ3v) is 8.15. The number of benzene rings is 2. The van der Waals surface area contributed by atoms with Gasteiger partial charge in [0.2, 0.25) is 6.29 Å². The second-order valence-corrected chi connectivity index (χ2v) is 11.2. The first kappa shape index (κ1) is 27.2. The van der Waals surface area contributed by atoms with Crippen molar-refractivity contribution < 1.29 is 28.5 Å². The van der Waals surface area contributed by atoms with Crippen molar-refractivity contribution in [3.63, 3.8) is 0 Å². The van der Waals surface area contributed by atoms with Gasteiger partial charge in [-0.05, 0) is 75.8 Å². The summed E-state index contributed by atoms with van der Waals surface area (Å²) in [4.78, 5) is 25.8. The van der Waals surface area contributed by atoms with E-state index in [0.29, 0.717) is 34.6 Å². The highest BCUT2D eigenvalue weighted by molar-refractivity contribution is 6.06. The summed E-state index contributed by atoms with van der Waals surface area (Å²) in [5.41, 5.74) is 0.718. The zero-order chi connectivity index (χ0) is 27.7. The van der Waals surface area contributed by atoms with Gasteiger partial charge in [-0.15, -0.1) is 0 Å². The number of nitrogens with one attached hydrogen (secondary N) is 1. The number of carbonyl (C=O) groups excluding carboxylic acids is 1. The summed E-state index contributed by atoms with van der Waals surface area (Å²) >= 11 is 0. The Morgan fingerprint density at radius 3 is 2.41 bits per heavy atom. The van der Waals surface area contributed by atoms with E-state index in [-0.39, 0.29) is 23.1 Å². The first-order valence-electron chi connectivity index (χ1n) is 13.8. The van der Waals surface area contributed by atoms with Gasteiger partial charge in [0.05, 0.1) is 17.1 Å². The smallest absolute Gasteiger partial charge is 0.364 e. The van der Waals surface area contributed by atoms with E-state index in [4.69, 9.17) is 18.6 Å². The number of anilines is 1. The lowest BCUT2D eigenvalue weighted by molar-refractivity contribution is -0.233. The van der Waals surface area contributed by atoms with Crippen molar-refractivity contribution in [1.82, 2.24) is 0 Å². The van der Waals surface area contributed by atoms with Gasteiger partial charge in [0.25, 0.3) is 5.91 Å². The highest BCUT2D eigenvalue weighted by Gasteiger charge is 2.39. The minimum atomic E-state index is -0.842. The zero-order valence-electron chi connectivity index (χ0n) is 23.0. The number of fused-ring (bicyclic) bond motifs is 1. The van der Waals surface area contributed by atoms with Crippen molar-refractivity contribution in [2.45, 2.75) is 89.6 Å². The van der Waals surface area contributed by atoms with Gasteiger partial charge in [0, 0.05) is 24.7 Å². The van der Waals surface area contributed by atoms with Crippen LogP contribution in [0.4, 0.5) is 5.69 Å². The molecule has 2 aliphatic rings. The molecule has 2 fully saturated rings. The first-order valence-corrected chi connectivity index (χ1v) is 13.8. The molecule has 3 aromatic rings. The molecule has 1 aliphatic carbocycles. The van der Waals surface area contributed by atoms with Crippen molar-refractivity contribution in [2.24, 2.45) is 0 Å². The minimum Gasteiger partial charge on any atom is -0.505 e. The van der Waals surface area contributed by atoms with Crippen LogP contribution >= 0.6 is 0 Å². The molecule has 2 heterocycles. The molecule has 0 radical (unpaired) electrons. The summed E-state index contributed by atoms with van der Waals surface area (Å²) in [6.07, 6.45) is 6.99. The van der Waals surface area contributed by atoms with Crippen LogP contribution in [0.2, 0.25) is 0 Å². The normalized spacial score (nSPS) is 21.5. The monoisotopic (exact) mass is 535 g/mol. The fourth-order valence-electron chi connectivity index (χ4n) is 5.87. The third-order valence-electron chi connectivity index (χ3n) is 8.15. The second-order valence-electron chi connectivity index (χ2n) is 11.2. The van der Waals surface area contributed by atoms with Crippen molar-refractivity contribution in [3.05, 3.63) is 63.5 Å². The van der Waals surface area contributed by atoms with Gasteiger partial charge in [-0.2, -0.15) is 0 Å². The van der Waals surface area contributed by atoms with Gasteiger partial charge in [-0.25, -0.2) is 4.79 Å². The molecule has 8 heteroatoms. The molecule has 1 amide bonds. The first-order chi connectivity index (χ1) is 18.7. The van der Waals surface area contributed by atoms with Crippen LogP contribution in [0, 0.1) is 6.92 Å². The van der Waals surface area contributed by atoms with Crippen LogP contribution in [-0.4, -0.2) is 36.1 Å². The SMILES string of the molecule is COC1CCC(Oc2ccc3c(O)c(NC(=O)c4ccc(C5CCCCC5)cc4)c(=O)oc3c2C)OC1(C)C. The van der Waals surface area contributed by atoms with E-state index in [1.54, 1.807) is 38.3 Å². The maximum absolute atomic E-state index is 12.9. The van der Waals surface area contributed by atoms with Crippen molar-refractivity contribution in [1.29, 1.82) is 0 Å². The van der Waals surface area contributed by atoms with Crippen LogP contribution < -0.4 is 15.7 Å². The fraction of sp³-hybridized carbons (Fsp3) is 0.484. The average molecular weight is 536 g/mol. The van der Waals surface area contributed by atoms with E-state index in [1.807, 2.05) is 26.0 Å². The standard InChI is InChI=1S/C31H37NO7/c1-18-23(37-25-17-16-24(36-4)31(2,3)39-25)15-14-22-27(33)26(30(35)38-28(18)22)32-29(34)21-12-10-20(11-13-21)19-8-6-5-7-9-19/h10-15,19,24-25,33H,5-9,16-17H2,1-4H3,(H,32,34). The van der Waals surface area contributed by atoms with Crippen LogP contribution in [0.25, 0.3) is 11.0 Å². The predicted molar refractivity (Wildman–Crippen MR) is 149 cm³/mol. The van der Waals surface area contributed by atoms with Gasteiger partial charge >= 0.3 is 5.63 Å². The Bertz CT molecular complexity index is 1400. The lowest BCUT2D eigenvalue weighted by Gasteiger charge is -2.41. The molecule has 39 heavy (non-hydrogen) atoms. The molecule has 1 saturated carbocycles. The lowest BCUT2D eigenvalue weighted by atomic mass is 9.84. The van der Waals surface area contributed by atoms with Crippen LogP contribution in [0.5, 0.6) is 11.5 Å². The summed E-state index contributed by atoms with van der Waals surface area (Å²) < 4.78 is 23.3. The zero-order valence-corrected chi connectivity index (χ0v) is 23.0. The Labute approximate surface area is 228 Å². The second kappa shape index (κ2) is 11.0. The molecule has 2 unspecified atom stereocenters. The summed E-state index contributed by atoms with van der Waals surface area (Å²) in [5.74, 6) is 0.177. The number of amides is 1. The summed E-state index contributed by atoms with van der Waals surface area (Å²) in [6.45, 7) is 5.67.